The highest BCUT2D eigenvalue weighted by Gasteiger charge is 2.15. The number of carbonyl (C=O) groups excluding carboxylic acids is 1. The second-order valence-corrected chi connectivity index (χ2v) is 9.99. The Morgan fingerprint density at radius 2 is 1.59 bits per heavy atom. The molecule has 4 aromatic rings. The zero-order valence-corrected chi connectivity index (χ0v) is 22.5. The second kappa shape index (κ2) is 11.6. The van der Waals surface area contributed by atoms with Gasteiger partial charge in [0.2, 0.25) is 0 Å². The first-order valence-electron chi connectivity index (χ1n) is 10.2. The van der Waals surface area contributed by atoms with Crippen molar-refractivity contribution in [3.8, 4) is 5.75 Å². The highest BCUT2D eigenvalue weighted by Crippen LogP contribution is 2.19. The maximum Gasteiger partial charge on any atom is 0.293 e. The van der Waals surface area contributed by atoms with E-state index in [4.69, 9.17) is 4.74 Å². The Morgan fingerprint density at radius 1 is 0.941 bits per heavy atom. The summed E-state index contributed by atoms with van der Waals surface area (Å²) < 4.78 is 10.3. The SMILES string of the molecule is O=C(N/N=C/c1ccccc1OCc1ccc(Br)cc1)c1nn(Cc2ccc(Br)cc2)cc1Br. The minimum absolute atomic E-state index is 0.258. The first-order chi connectivity index (χ1) is 16.5. The molecule has 4 rings (SSSR count). The smallest absolute Gasteiger partial charge is 0.293 e. The van der Waals surface area contributed by atoms with E-state index in [9.17, 15) is 4.79 Å². The average molecular weight is 647 g/mol. The number of ether oxygens (including phenoxy) is 1. The average Bonchev–Trinajstić information content (AvgIpc) is 3.21. The number of nitrogens with zero attached hydrogens (tertiary/aromatic N) is 3. The molecule has 3 aromatic carbocycles. The summed E-state index contributed by atoms with van der Waals surface area (Å²) in [6, 6.07) is 23.4. The fourth-order valence-electron chi connectivity index (χ4n) is 3.08. The van der Waals surface area contributed by atoms with Crippen LogP contribution in [-0.4, -0.2) is 21.9 Å². The number of halogens is 3. The Bertz CT molecular complexity index is 1300. The van der Waals surface area contributed by atoms with Crippen LogP contribution in [0.1, 0.15) is 27.2 Å². The van der Waals surface area contributed by atoms with Gasteiger partial charge in [0.15, 0.2) is 5.69 Å². The third kappa shape index (κ3) is 6.65. The third-order valence-electron chi connectivity index (χ3n) is 4.79. The predicted molar refractivity (Wildman–Crippen MR) is 143 cm³/mol. The fourth-order valence-corrected chi connectivity index (χ4v) is 4.11. The maximum absolute atomic E-state index is 12.6. The van der Waals surface area contributed by atoms with Crippen LogP contribution in [-0.2, 0) is 13.2 Å². The molecule has 0 saturated carbocycles. The van der Waals surface area contributed by atoms with Crippen molar-refractivity contribution < 1.29 is 9.53 Å². The summed E-state index contributed by atoms with van der Waals surface area (Å²) in [6.45, 7) is 0.971. The van der Waals surface area contributed by atoms with E-state index in [0.29, 0.717) is 23.4 Å². The highest BCUT2D eigenvalue weighted by atomic mass is 79.9. The number of hydrazone groups is 1. The zero-order valence-electron chi connectivity index (χ0n) is 17.8. The minimum atomic E-state index is -0.411. The van der Waals surface area contributed by atoms with Crippen LogP contribution in [0, 0.1) is 0 Å². The molecule has 0 aliphatic heterocycles. The molecule has 0 aliphatic carbocycles. The fraction of sp³-hybridized carbons (Fsp3) is 0.0800. The lowest BCUT2D eigenvalue weighted by molar-refractivity contribution is 0.0948. The normalized spacial score (nSPS) is 11.0. The van der Waals surface area contributed by atoms with Crippen LogP contribution < -0.4 is 10.2 Å². The lowest BCUT2D eigenvalue weighted by atomic mass is 10.2. The molecule has 0 bridgehead atoms. The van der Waals surface area contributed by atoms with E-state index in [1.807, 2.05) is 72.8 Å². The molecule has 0 fully saturated rings. The minimum Gasteiger partial charge on any atom is -0.488 e. The zero-order chi connectivity index (χ0) is 23.9. The van der Waals surface area contributed by atoms with Gasteiger partial charge in [-0.1, -0.05) is 68.3 Å². The molecule has 1 N–H and O–H groups in total. The number of nitrogens with one attached hydrogen (secondary N) is 1. The summed E-state index contributed by atoms with van der Waals surface area (Å²) in [5.41, 5.74) is 5.67. The van der Waals surface area contributed by atoms with Crippen LogP contribution in [0.25, 0.3) is 0 Å². The van der Waals surface area contributed by atoms with Crippen molar-refractivity contribution in [2.24, 2.45) is 5.10 Å². The highest BCUT2D eigenvalue weighted by molar-refractivity contribution is 9.11. The summed E-state index contributed by atoms with van der Waals surface area (Å²) >= 11 is 10.3. The van der Waals surface area contributed by atoms with Gasteiger partial charge in [-0.25, -0.2) is 5.43 Å². The van der Waals surface area contributed by atoms with Crippen LogP contribution in [0.5, 0.6) is 5.75 Å². The first kappa shape index (κ1) is 24.4. The maximum atomic E-state index is 12.6. The van der Waals surface area contributed by atoms with Crippen LogP contribution in [0.4, 0.5) is 0 Å². The van der Waals surface area contributed by atoms with Crippen molar-refractivity contribution in [2.75, 3.05) is 0 Å². The van der Waals surface area contributed by atoms with Gasteiger partial charge in [0, 0.05) is 20.7 Å². The van der Waals surface area contributed by atoms with E-state index in [2.05, 4.69) is 63.4 Å². The van der Waals surface area contributed by atoms with E-state index >= 15 is 0 Å². The monoisotopic (exact) mass is 644 g/mol. The van der Waals surface area contributed by atoms with Gasteiger partial charge in [-0.2, -0.15) is 10.2 Å². The lowest BCUT2D eigenvalue weighted by Crippen LogP contribution is -2.19. The van der Waals surface area contributed by atoms with Crippen molar-refractivity contribution >= 4 is 59.9 Å². The Balaban J connectivity index is 1.38. The van der Waals surface area contributed by atoms with E-state index in [-0.39, 0.29) is 5.69 Å². The molecular formula is C25H19Br3N4O2. The number of rotatable bonds is 8. The Morgan fingerprint density at radius 3 is 2.29 bits per heavy atom. The van der Waals surface area contributed by atoms with E-state index in [0.717, 1.165) is 25.6 Å². The molecule has 0 atom stereocenters. The quantitative estimate of drug-likeness (QED) is 0.174. The number of hydrogen-bond donors (Lipinski definition) is 1. The standard InChI is InChI=1S/C25H19Br3N4O2/c26-20-9-5-17(6-10-20)14-32-15-22(28)24(31-32)25(33)30-29-13-19-3-1-2-4-23(19)34-16-18-7-11-21(27)12-8-18/h1-13,15H,14,16H2,(H,30,33)/b29-13+. The van der Waals surface area contributed by atoms with Crippen molar-refractivity contribution in [3.63, 3.8) is 0 Å². The Labute approximate surface area is 222 Å². The Hall–Kier alpha value is -2.75. The number of amides is 1. The molecule has 6 nitrogen and oxygen atoms in total. The molecule has 0 aliphatic rings. The largest absolute Gasteiger partial charge is 0.488 e. The molecule has 1 aromatic heterocycles. The van der Waals surface area contributed by atoms with Gasteiger partial charge >= 0.3 is 0 Å². The van der Waals surface area contributed by atoms with E-state index in [1.165, 1.54) is 0 Å². The summed E-state index contributed by atoms with van der Waals surface area (Å²) in [4.78, 5) is 12.6. The van der Waals surface area contributed by atoms with Gasteiger partial charge in [0.25, 0.3) is 5.91 Å². The summed E-state index contributed by atoms with van der Waals surface area (Å²) in [5, 5.41) is 8.49. The first-order valence-corrected chi connectivity index (χ1v) is 12.6. The van der Waals surface area contributed by atoms with Crippen molar-refractivity contribution in [3.05, 3.63) is 115 Å². The number of hydrogen-bond acceptors (Lipinski definition) is 4. The summed E-state index contributed by atoms with van der Waals surface area (Å²) in [7, 11) is 0. The van der Waals surface area contributed by atoms with Gasteiger partial charge in [0.1, 0.15) is 12.4 Å². The molecular weight excluding hydrogens is 628 g/mol. The van der Waals surface area contributed by atoms with E-state index in [1.54, 1.807) is 17.1 Å². The molecule has 1 amide bonds. The molecule has 0 spiro atoms. The molecule has 0 saturated heterocycles. The van der Waals surface area contributed by atoms with Crippen LogP contribution in [0.3, 0.4) is 0 Å². The summed E-state index contributed by atoms with van der Waals surface area (Å²) in [6.07, 6.45) is 3.33. The number of aromatic nitrogens is 2. The number of carbonyl (C=O) groups is 1. The lowest BCUT2D eigenvalue weighted by Gasteiger charge is -2.09. The predicted octanol–water partition coefficient (Wildman–Crippen LogP) is 6.56. The summed E-state index contributed by atoms with van der Waals surface area (Å²) in [5.74, 6) is 0.259. The van der Waals surface area contributed by atoms with Crippen molar-refractivity contribution in [2.45, 2.75) is 13.2 Å². The second-order valence-electron chi connectivity index (χ2n) is 7.30. The van der Waals surface area contributed by atoms with E-state index < -0.39 is 5.91 Å². The molecule has 172 valence electrons. The van der Waals surface area contributed by atoms with Gasteiger partial charge < -0.3 is 4.74 Å². The van der Waals surface area contributed by atoms with Gasteiger partial charge in [0.05, 0.1) is 17.2 Å². The topological polar surface area (TPSA) is 68.5 Å². The van der Waals surface area contributed by atoms with Crippen molar-refractivity contribution in [1.29, 1.82) is 0 Å². The van der Waals surface area contributed by atoms with Crippen LogP contribution >= 0.6 is 47.8 Å². The van der Waals surface area contributed by atoms with Gasteiger partial charge in [-0.05, 0) is 63.5 Å². The molecule has 34 heavy (non-hydrogen) atoms. The number of para-hydroxylation sites is 1. The molecule has 1 heterocycles. The molecule has 9 heteroatoms. The Kier molecular flexibility index (Phi) is 8.31. The molecule has 0 unspecified atom stereocenters. The molecule has 0 radical (unpaired) electrons. The van der Waals surface area contributed by atoms with Crippen LogP contribution in [0.15, 0.2) is 97.5 Å². The third-order valence-corrected chi connectivity index (χ3v) is 6.42. The number of benzene rings is 3. The van der Waals surface area contributed by atoms with Crippen LogP contribution in [0.2, 0.25) is 0 Å². The van der Waals surface area contributed by atoms with Gasteiger partial charge in [-0.15, -0.1) is 0 Å². The van der Waals surface area contributed by atoms with Crippen molar-refractivity contribution in [1.82, 2.24) is 15.2 Å². The van der Waals surface area contributed by atoms with Gasteiger partial charge in [-0.3, -0.25) is 9.48 Å².